The molecule has 0 bridgehead atoms. The van der Waals surface area contributed by atoms with Crippen molar-refractivity contribution in [3.63, 3.8) is 0 Å². The summed E-state index contributed by atoms with van der Waals surface area (Å²) in [4.78, 5) is 36.8. The fourth-order valence-corrected chi connectivity index (χ4v) is 2.52. The Balaban J connectivity index is 1.99. The molecule has 6 heteroatoms. The van der Waals surface area contributed by atoms with Crippen LogP contribution in [0.5, 0.6) is 0 Å². The van der Waals surface area contributed by atoms with Gasteiger partial charge in [0.25, 0.3) is 5.91 Å². The number of anilines is 1. The summed E-state index contributed by atoms with van der Waals surface area (Å²) in [5.41, 5.74) is 1.06. The standard InChI is InChI=1S/C17H22N2O4/c1-12(17(22)23)15(20)18-14-8-6-13(7-9-14)16(21)19-10-4-2-3-5-11-19/h6-9,12H,2-5,10-11H2,1H3,(H,18,20)(H,22,23). The number of carbonyl (C=O) groups is 3. The minimum atomic E-state index is -1.17. The molecule has 2 N–H and O–H groups in total. The van der Waals surface area contributed by atoms with Crippen molar-refractivity contribution in [1.82, 2.24) is 4.90 Å². The maximum Gasteiger partial charge on any atom is 0.315 e. The van der Waals surface area contributed by atoms with Crippen molar-refractivity contribution in [3.8, 4) is 0 Å². The molecule has 6 nitrogen and oxygen atoms in total. The molecular formula is C17H22N2O4. The summed E-state index contributed by atoms with van der Waals surface area (Å²) < 4.78 is 0. The van der Waals surface area contributed by atoms with Crippen molar-refractivity contribution in [2.75, 3.05) is 18.4 Å². The number of carboxylic acids is 1. The molecule has 1 aliphatic rings. The summed E-state index contributed by atoms with van der Waals surface area (Å²) in [6.07, 6.45) is 4.40. The van der Waals surface area contributed by atoms with Crippen LogP contribution >= 0.6 is 0 Å². The molecule has 0 aromatic heterocycles. The quantitative estimate of drug-likeness (QED) is 0.834. The Labute approximate surface area is 135 Å². The molecule has 1 aromatic rings. The highest BCUT2D eigenvalue weighted by Gasteiger charge is 2.21. The molecule has 1 saturated heterocycles. The van der Waals surface area contributed by atoms with Crippen LogP contribution < -0.4 is 5.32 Å². The second-order valence-electron chi connectivity index (χ2n) is 5.83. The molecule has 124 valence electrons. The minimum Gasteiger partial charge on any atom is -0.481 e. The van der Waals surface area contributed by atoms with Gasteiger partial charge in [0, 0.05) is 24.3 Å². The molecule has 2 rings (SSSR count). The summed E-state index contributed by atoms with van der Waals surface area (Å²) in [6.45, 7) is 2.90. The number of hydrogen-bond donors (Lipinski definition) is 2. The zero-order valence-electron chi connectivity index (χ0n) is 13.2. The highest BCUT2D eigenvalue weighted by Crippen LogP contribution is 2.16. The van der Waals surface area contributed by atoms with Crippen LogP contribution in [0.3, 0.4) is 0 Å². The highest BCUT2D eigenvalue weighted by molar-refractivity contribution is 6.04. The Morgan fingerprint density at radius 1 is 1.04 bits per heavy atom. The normalized spacial score (nSPS) is 16.3. The third kappa shape index (κ3) is 4.55. The Morgan fingerprint density at radius 2 is 1.61 bits per heavy atom. The fourth-order valence-electron chi connectivity index (χ4n) is 2.52. The average molecular weight is 318 g/mol. The second kappa shape index (κ2) is 7.76. The number of aliphatic carboxylic acids is 1. The van der Waals surface area contributed by atoms with Crippen LogP contribution in [0.25, 0.3) is 0 Å². The van der Waals surface area contributed by atoms with Gasteiger partial charge in [0.2, 0.25) is 5.91 Å². The van der Waals surface area contributed by atoms with E-state index in [1.165, 1.54) is 6.92 Å². The summed E-state index contributed by atoms with van der Waals surface area (Å²) in [5.74, 6) is -2.86. The van der Waals surface area contributed by atoms with Crippen molar-refractivity contribution in [1.29, 1.82) is 0 Å². The average Bonchev–Trinajstić information content (AvgIpc) is 2.83. The number of carboxylic acid groups (broad SMARTS) is 1. The van der Waals surface area contributed by atoms with E-state index in [2.05, 4.69) is 5.32 Å². The molecule has 23 heavy (non-hydrogen) atoms. The smallest absolute Gasteiger partial charge is 0.315 e. The number of rotatable bonds is 4. The maximum atomic E-state index is 12.4. The number of nitrogens with zero attached hydrogens (tertiary/aromatic N) is 1. The van der Waals surface area contributed by atoms with E-state index in [-0.39, 0.29) is 5.91 Å². The van der Waals surface area contributed by atoms with Gasteiger partial charge in [0.15, 0.2) is 0 Å². The summed E-state index contributed by atoms with van der Waals surface area (Å²) in [7, 11) is 0. The molecule has 1 aliphatic heterocycles. The summed E-state index contributed by atoms with van der Waals surface area (Å²) in [6, 6.07) is 6.57. The van der Waals surface area contributed by atoms with Gasteiger partial charge in [-0.2, -0.15) is 0 Å². The summed E-state index contributed by atoms with van der Waals surface area (Å²) in [5, 5.41) is 11.3. The topological polar surface area (TPSA) is 86.7 Å². The first-order valence-electron chi connectivity index (χ1n) is 7.92. The number of carbonyl (C=O) groups excluding carboxylic acids is 2. The maximum absolute atomic E-state index is 12.4. The third-order valence-electron chi connectivity index (χ3n) is 4.06. The van der Waals surface area contributed by atoms with Gasteiger partial charge >= 0.3 is 5.97 Å². The van der Waals surface area contributed by atoms with E-state index in [0.717, 1.165) is 38.8 Å². The number of likely N-dealkylation sites (tertiary alicyclic amines) is 1. The van der Waals surface area contributed by atoms with Gasteiger partial charge in [0.1, 0.15) is 5.92 Å². The number of benzene rings is 1. The molecule has 1 heterocycles. The Kier molecular flexibility index (Phi) is 5.73. The van der Waals surface area contributed by atoms with Crippen molar-refractivity contribution < 1.29 is 19.5 Å². The van der Waals surface area contributed by atoms with Crippen molar-refractivity contribution in [2.45, 2.75) is 32.6 Å². The van der Waals surface area contributed by atoms with Gasteiger partial charge in [0.05, 0.1) is 0 Å². The van der Waals surface area contributed by atoms with Crippen LogP contribution in [0, 0.1) is 5.92 Å². The first-order valence-corrected chi connectivity index (χ1v) is 7.92. The minimum absolute atomic E-state index is 0.00341. The van der Waals surface area contributed by atoms with Gasteiger partial charge in [-0.3, -0.25) is 14.4 Å². The first-order chi connectivity index (χ1) is 11.0. The first kappa shape index (κ1) is 17.0. The van der Waals surface area contributed by atoms with Gasteiger partial charge in [-0.1, -0.05) is 12.8 Å². The van der Waals surface area contributed by atoms with Crippen molar-refractivity contribution in [3.05, 3.63) is 29.8 Å². The third-order valence-corrected chi connectivity index (χ3v) is 4.06. The van der Waals surface area contributed by atoms with E-state index >= 15 is 0 Å². The largest absolute Gasteiger partial charge is 0.481 e. The number of amides is 2. The molecule has 2 amide bonds. The van der Waals surface area contributed by atoms with Crippen molar-refractivity contribution >= 4 is 23.5 Å². The predicted octanol–water partition coefficient (Wildman–Crippen LogP) is 2.36. The van der Waals surface area contributed by atoms with Gasteiger partial charge < -0.3 is 15.3 Å². The molecule has 1 fully saturated rings. The van der Waals surface area contributed by atoms with Crippen LogP contribution in [-0.2, 0) is 9.59 Å². The van der Waals surface area contributed by atoms with Crippen LogP contribution in [0.15, 0.2) is 24.3 Å². The summed E-state index contributed by atoms with van der Waals surface area (Å²) >= 11 is 0. The van der Waals surface area contributed by atoms with E-state index < -0.39 is 17.8 Å². The fraction of sp³-hybridized carbons (Fsp3) is 0.471. The van der Waals surface area contributed by atoms with E-state index in [0.29, 0.717) is 11.3 Å². The van der Waals surface area contributed by atoms with Gasteiger partial charge in [-0.25, -0.2) is 0 Å². The number of hydrogen-bond acceptors (Lipinski definition) is 3. The monoisotopic (exact) mass is 318 g/mol. The second-order valence-corrected chi connectivity index (χ2v) is 5.83. The lowest BCUT2D eigenvalue weighted by Crippen LogP contribution is -2.31. The Bertz CT molecular complexity index is 575. The molecule has 1 atom stereocenters. The van der Waals surface area contributed by atoms with E-state index in [4.69, 9.17) is 5.11 Å². The predicted molar refractivity (Wildman–Crippen MR) is 86.2 cm³/mol. The van der Waals surface area contributed by atoms with E-state index in [1.807, 2.05) is 4.90 Å². The van der Waals surface area contributed by atoms with E-state index in [1.54, 1.807) is 24.3 Å². The Morgan fingerprint density at radius 3 is 2.13 bits per heavy atom. The number of nitrogens with one attached hydrogen (secondary N) is 1. The molecule has 0 saturated carbocycles. The zero-order valence-corrected chi connectivity index (χ0v) is 13.2. The Hall–Kier alpha value is -2.37. The SMILES string of the molecule is CC(C(=O)O)C(=O)Nc1ccc(C(=O)N2CCCCCC2)cc1. The van der Waals surface area contributed by atoms with Crippen molar-refractivity contribution in [2.24, 2.45) is 5.92 Å². The lowest BCUT2D eigenvalue weighted by atomic mass is 10.1. The molecular weight excluding hydrogens is 296 g/mol. The molecule has 0 spiro atoms. The van der Waals surface area contributed by atoms with Crippen LogP contribution in [0.2, 0.25) is 0 Å². The van der Waals surface area contributed by atoms with E-state index in [9.17, 15) is 14.4 Å². The molecule has 1 aromatic carbocycles. The van der Waals surface area contributed by atoms with Crippen LogP contribution in [-0.4, -0.2) is 40.9 Å². The zero-order chi connectivity index (χ0) is 16.8. The highest BCUT2D eigenvalue weighted by atomic mass is 16.4. The molecule has 1 unspecified atom stereocenters. The lowest BCUT2D eigenvalue weighted by molar-refractivity contribution is -0.144. The lowest BCUT2D eigenvalue weighted by Gasteiger charge is -2.20. The molecule has 0 radical (unpaired) electrons. The van der Waals surface area contributed by atoms with Gasteiger partial charge in [-0.05, 0) is 44.0 Å². The molecule has 0 aliphatic carbocycles. The van der Waals surface area contributed by atoms with Crippen LogP contribution in [0.4, 0.5) is 5.69 Å². The van der Waals surface area contributed by atoms with Gasteiger partial charge in [-0.15, -0.1) is 0 Å². The van der Waals surface area contributed by atoms with Crippen LogP contribution in [0.1, 0.15) is 43.0 Å².